The molecule has 0 saturated heterocycles. The normalized spacial score (nSPS) is 15.6. The second-order valence-electron chi connectivity index (χ2n) is 10.2. The zero-order valence-electron chi connectivity index (χ0n) is 22.2. The van der Waals surface area contributed by atoms with E-state index in [2.05, 4.69) is 66.4 Å². The van der Waals surface area contributed by atoms with E-state index in [4.69, 9.17) is 0 Å². The summed E-state index contributed by atoms with van der Waals surface area (Å²) in [6.07, 6.45) is 31.9. The van der Waals surface area contributed by atoms with Crippen LogP contribution in [0.4, 0.5) is 5.69 Å². The highest BCUT2D eigenvalue weighted by Gasteiger charge is 2.26. The Bertz CT molecular complexity index is 582. The van der Waals surface area contributed by atoms with Gasteiger partial charge < -0.3 is 9.80 Å². The Morgan fingerprint density at radius 2 is 1.03 bits per heavy atom. The number of hydrogen-bond acceptors (Lipinski definition) is 2. The van der Waals surface area contributed by atoms with E-state index in [1.54, 1.807) is 0 Å². The standard InChI is InChI=1S/C31H54N2/c1-3-5-7-8-9-10-11-12-13-14-15-16-17-18-19-23-26-31-32(27-6-4-2)28-29-33(31)30-24-21-20-22-25-30/h20-22,24-25,28-29,31H,3-19,23,26-27H2,1-2H3. The lowest BCUT2D eigenvalue weighted by atomic mass is 10.0. The first kappa shape index (κ1) is 27.8. The summed E-state index contributed by atoms with van der Waals surface area (Å²) in [5, 5.41) is 0. The summed E-state index contributed by atoms with van der Waals surface area (Å²) in [6, 6.07) is 10.9. The fourth-order valence-electron chi connectivity index (χ4n) is 5.12. The SMILES string of the molecule is CCCCCCCCCCCCCCCCCCC1N(CCCC)C=CN1c1ccccc1. The van der Waals surface area contributed by atoms with E-state index in [-0.39, 0.29) is 0 Å². The van der Waals surface area contributed by atoms with Gasteiger partial charge in [-0.2, -0.15) is 0 Å². The molecule has 0 aliphatic carbocycles. The van der Waals surface area contributed by atoms with Gasteiger partial charge in [-0.1, -0.05) is 135 Å². The van der Waals surface area contributed by atoms with Crippen molar-refractivity contribution in [2.24, 2.45) is 0 Å². The minimum atomic E-state index is 0.505. The minimum Gasteiger partial charge on any atom is -0.356 e. The summed E-state index contributed by atoms with van der Waals surface area (Å²) in [5.74, 6) is 0. The lowest BCUT2D eigenvalue weighted by Gasteiger charge is -2.33. The summed E-state index contributed by atoms with van der Waals surface area (Å²) in [7, 11) is 0. The van der Waals surface area contributed by atoms with Crippen LogP contribution in [0.5, 0.6) is 0 Å². The first-order chi connectivity index (χ1) is 16.4. The lowest BCUT2D eigenvalue weighted by molar-refractivity contribution is 0.275. The number of benzene rings is 1. The molecule has 0 bridgehead atoms. The molecule has 1 aliphatic rings. The highest BCUT2D eigenvalue weighted by molar-refractivity contribution is 5.51. The molecule has 2 nitrogen and oxygen atoms in total. The summed E-state index contributed by atoms with van der Waals surface area (Å²) >= 11 is 0. The van der Waals surface area contributed by atoms with E-state index in [1.165, 1.54) is 134 Å². The number of unbranched alkanes of at least 4 members (excludes halogenated alkanes) is 16. The fourth-order valence-corrected chi connectivity index (χ4v) is 5.12. The molecule has 1 aromatic carbocycles. The van der Waals surface area contributed by atoms with Crippen LogP contribution < -0.4 is 4.90 Å². The molecule has 0 N–H and O–H groups in total. The predicted molar refractivity (Wildman–Crippen MR) is 148 cm³/mol. The minimum absolute atomic E-state index is 0.505. The van der Waals surface area contributed by atoms with E-state index in [1.807, 2.05) is 0 Å². The third-order valence-corrected chi connectivity index (χ3v) is 7.26. The van der Waals surface area contributed by atoms with E-state index < -0.39 is 0 Å². The zero-order valence-corrected chi connectivity index (χ0v) is 22.2. The molecule has 1 aliphatic heterocycles. The van der Waals surface area contributed by atoms with Gasteiger partial charge in [0, 0.05) is 24.6 Å². The first-order valence-corrected chi connectivity index (χ1v) is 14.6. The largest absolute Gasteiger partial charge is 0.356 e. The summed E-state index contributed by atoms with van der Waals surface area (Å²) in [6.45, 7) is 5.77. The fraction of sp³-hybridized carbons (Fsp3) is 0.742. The van der Waals surface area contributed by atoms with E-state index >= 15 is 0 Å². The van der Waals surface area contributed by atoms with Gasteiger partial charge in [0.15, 0.2) is 0 Å². The van der Waals surface area contributed by atoms with Crippen LogP contribution >= 0.6 is 0 Å². The quantitative estimate of drug-likeness (QED) is 0.170. The maximum atomic E-state index is 2.57. The predicted octanol–water partition coefficient (Wildman–Crippen LogP) is 10.1. The maximum absolute atomic E-state index is 2.57. The molecule has 2 heteroatoms. The van der Waals surface area contributed by atoms with Crippen molar-refractivity contribution in [3.8, 4) is 0 Å². The molecule has 1 unspecified atom stereocenters. The van der Waals surface area contributed by atoms with Crippen LogP contribution in [-0.4, -0.2) is 17.6 Å². The van der Waals surface area contributed by atoms with Gasteiger partial charge >= 0.3 is 0 Å². The van der Waals surface area contributed by atoms with E-state index in [0.717, 1.165) is 0 Å². The van der Waals surface area contributed by atoms with Crippen LogP contribution in [0.25, 0.3) is 0 Å². The molecule has 1 aromatic rings. The second kappa shape index (κ2) is 18.9. The third kappa shape index (κ3) is 12.0. The second-order valence-corrected chi connectivity index (χ2v) is 10.2. The molecule has 0 amide bonds. The number of rotatable bonds is 21. The van der Waals surface area contributed by atoms with Gasteiger partial charge in [-0.15, -0.1) is 0 Å². The van der Waals surface area contributed by atoms with Crippen molar-refractivity contribution in [1.82, 2.24) is 4.90 Å². The Kier molecular flexibility index (Phi) is 15.9. The molecule has 1 heterocycles. The van der Waals surface area contributed by atoms with Crippen LogP contribution in [0, 0.1) is 0 Å². The highest BCUT2D eigenvalue weighted by Crippen LogP contribution is 2.28. The molecule has 0 saturated carbocycles. The van der Waals surface area contributed by atoms with Crippen LogP contribution in [0.2, 0.25) is 0 Å². The number of hydrogen-bond donors (Lipinski definition) is 0. The molecule has 33 heavy (non-hydrogen) atoms. The van der Waals surface area contributed by atoms with Crippen LogP contribution in [-0.2, 0) is 0 Å². The molecular weight excluding hydrogens is 400 g/mol. The molecule has 0 spiro atoms. The third-order valence-electron chi connectivity index (χ3n) is 7.26. The first-order valence-electron chi connectivity index (χ1n) is 14.6. The van der Waals surface area contributed by atoms with Gasteiger partial charge in [-0.05, 0) is 31.4 Å². The monoisotopic (exact) mass is 454 g/mol. The molecule has 0 aromatic heterocycles. The van der Waals surface area contributed by atoms with Crippen molar-refractivity contribution in [3.05, 3.63) is 42.7 Å². The van der Waals surface area contributed by atoms with E-state index in [0.29, 0.717) is 6.17 Å². The van der Waals surface area contributed by atoms with Gasteiger partial charge in [-0.25, -0.2) is 0 Å². The smallest absolute Gasteiger partial charge is 0.105 e. The van der Waals surface area contributed by atoms with Gasteiger partial charge in [0.1, 0.15) is 6.17 Å². The average molecular weight is 455 g/mol. The summed E-state index contributed by atoms with van der Waals surface area (Å²) in [4.78, 5) is 5.06. The summed E-state index contributed by atoms with van der Waals surface area (Å²) < 4.78 is 0. The maximum Gasteiger partial charge on any atom is 0.105 e. The van der Waals surface area contributed by atoms with Gasteiger partial charge in [0.2, 0.25) is 0 Å². The van der Waals surface area contributed by atoms with Crippen molar-refractivity contribution in [3.63, 3.8) is 0 Å². The van der Waals surface area contributed by atoms with Crippen molar-refractivity contribution in [1.29, 1.82) is 0 Å². The van der Waals surface area contributed by atoms with Gasteiger partial charge in [0.25, 0.3) is 0 Å². The van der Waals surface area contributed by atoms with E-state index in [9.17, 15) is 0 Å². The number of anilines is 1. The molecule has 0 fully saturated rings. The van der Waals surface area contributed by atoms with Crippen LogP contribution in [0.1, 0.15) is 136 Å². The zero-order chi connectivity index (χ0) is 23.4. The van der Waals surface area contributed by atoms with Crippen molar-refractivity contribution < 1.29 is 0 Å². The Balaban J connectivity index is 1.48. The van der Waals surface area contributed by atoms with Crippen molar-refractivity contribution in [2.45, 2.75) is 142 Å². The molecule has 0 radical (unpaired) electrons. The Morgan fingerprint density at radius 3 is 1.55 bits per heavy atom. The Morgan fingerprint density at radius 1 is 0.545 bits per heavy atom. The van der Waals surface area contributed by atoms with Gasteiger partial charge in [-0.3, -0.25) is 0 Å². The highest BCUT2D eigenvalue weighted by atomic mass is 15.4. The lowest BCUT2D eigenvalue weighted by Crippen LogP contribution is -2.39. The molecule has 1 atom stereocenters. The van der Waals surface area contributed by atoms with Crippen LogP contribution in [0.15, 0.2) is 42.7 Å². The summed E-state index contributed by atoms with van der Waals surface area (Å²) in [5.41, 5.74) is 1.33. The van der Waals surface area contributed by atoms with Gasteiger partial charge in [0.05, 0.1) is 0 Å². The van der Waals surface area contributed by atoms with Crippen LogP contribution in [0.3, 0.4) is 0 Å². The number of nitrogens with zero attached hydrogens (tertiary/aromatic N) is 2. The topological polar surface area (TPSA) is 6.48 Å². The molecule has 2 rings (SSSR count). The van der Waals surface area contributed by atoms with Crippen molar-refractivity contribution in [2.75, 3.05) is 11.4 Å². The van der Waals surface area contributed by atoms with Crippen molar-refractivity contribution >= 4 is 5.69 Å². The Hall–Kier alpha value is -1.44. The molecular formula is C31H54N2. The average Bonchev–Trinajstić information content (AvgIpc) is 3.25. The Labute approximate surface area is 206 Å². The molecule has 188 valence electrons. The number of para-hydroxylation sites is 1.